The molecule has 1 aromatic carbocycles. The number of carbonyl (C=O) groups is 1. The average Bonchev–Trinajstić information content (AvgIpc) is 3.32. The number of rotatable bonds is 9. The number of aromatic nitrogens is 1. The Kier molecular flexibility index (Phi) is 9.40. The zero-order chi connectivity index (χ0) is 24.6. The van der Waals surface area contributed by atoms with Gasteiger partial charge in [-0.05, 0) is 69.8 Å². The first-order chi connectivity index (χ1) is 17.1. The van der Waals surface area contributed by atoms with Gasteiger partial charge >= 0.3 is 6.03 Å². The zero-order valence-electron chi connectivity index (χ0n) is 21.6. The molecule has 192 valence electrons. The van der Waals surface area contributed by atoms with Crippen LogP contribution in [0.2, 0.25) is 0 Å². The van der Waals surface area contributed by atoms with Gasteiger partial charge in [-0.1, -0.05) is 19.4 Å². The number of urea groups is 1. The molecule has 3 heterocycles. The second kappa shape index (κ2) is 12.7. The van der Waals surface area contributed by atoms with Crippen molar-refractivity contribution in [3.05, 3.63) is 29.1 Å². The van der Waals surface area contributed by atoms with Gasteiger partial charge in [-0.2, -0.15) is 0 Å². The third-order valence-corrected chi connectivity index (χ3v) is 7.81. The minimum Gasteiger partial charge on any atom is -0.493 e. The summed E-state index contributed by atoms with van der Waals surface area (Å²) in [5.74, 6) is 1.60. The summed E-state index contributed by atoms with van der Waals surface area (Å²) in [6.45, 7) is 11.8. The first-order valence-electron chi connectivity index (χ1n) is 13.2. The maximum absolute atomic E-state index is 12.9. The van der Waals surface area contributed by atoms with Crippen molar-refractivity contribution in [3.8, 4) is 17.0 Å². The molecule has 1 N–H and O–H groups in total. The lowest BCUT2D eigenvalue weighted by Gasteiger charge is -2.38. The summed E-state index contributed by atoms with van der Waals surface area (Å²) in [6, 6.07) is 6.33. The Bertz CT molecular complexity index is 957. The number of piperidine rings is 1. The molecular formula is C27H41N5O2S. The van der Waals surface area contributed by atoms with E-state index >= 15 is 0 Å². The number of thiazole rings is 1. The van der Waals surface area contributed by atoms with E-state index in [1.165, 1.54) is 49.3 Å². The van der Waals surface area contributed by atoms with Crippen LogP contribution in [0.1, 0.15) is 45.1 Å². The molecule has 0 saturated carbocycles. The number of ether oxygens (including phenoxy) is 1. The molecule has 2 amide bonds. The Hall–Kier alpha value is -2.16. The molecule has 1 aromatic heterocycles. The number of hydrogen-bond acceptors (Lipinski definition) is 6. The van der Waals surface area contributed by atoms with Gasteiger partial charge in [0, 0.05) is 50.2 Å². The molecule has 0 aliphatic carbocycles. The lowest BCUT2D eigenvalue weighted by molar-refractivity contribution is 0.109. The monoisotopic (exact) mass is 499 g/mol. The maximum Gasteiger partial charge on any atom is 0.323 e. The molecule has 35 heavy (non-hydrogen) atoms. The van der Waals surface area contributed by atoms with Crippen molar-refractivity contribution < 1.29 is 9.53 Å². The highest BCUT2D eigenvalue weighted by atomic mass is 32.1. The van der Waals surface area contributed by atoms with E-state index in [9.17, 15) is 4.79 Å². The minimum absolute atomic E-state index is 0.0512. The molecule has 7 nitrogen and oxygen atoms in total. The van der Waals surface area contributed by atoms with Crippen LogP contribution >= 0.6 is 11.3 Å². The van der Waals surface area contributed by atoms with E-state index in [1.54, 1.807) is 0 Å². The van der Waals surface area contributed by atoms with E-state index in [0.717, 1.165) is 68.5 Å². The quantitative estimate of drug-likeness (QED) is 0.524. The van der Waals surface area contributed by atoms with Gasteiger partial charge in [-0.3, -0.25) is 10.2 Å². The molecule has 0 bridgehead atoms. The fourth-order valence-electron chi connectivity index (χ4n) is 5.14. The minimum atomic E-state index is -0.0512. The Labute approximate surface area is 214 Å². The largest absolute Gasteiger partial charge is 0.493 e. The lowest BCUT2D eigenvalue weighted by atomic mass is 9.97. The number of carbonyl (C=O) groups excluding carboxylic acids is 1. The number of benzene rings is 1. The number of amides is 2. The van der Waals surface area contributed by atoms with Gasteiger partial charge < -0.3 is 14.5 Å². The number of hydrogen-bond donors (Lipinski definition) is 1. The molecule has 8 heteroatoms. The number of likely N-dealkylation sites (tertiary alicyclic amines) is 1. The standard InChI is InChI=1S/C27H41N5O2S/c1-4-6-8-21-10-11-25(34-5-2)23(17-21)24-20-35-26(28-24)29-27(33)32-15-13-31(14-16-32)19-22-9-7-12-30(3)18-22/h10-11,17,20,22H,4-9,12-16,18-19H2,1-3H3,(H,28,29,33). The van der Waals surface area contributed by atoms with Gasteiger partial charge in [0.25, 0.3) is 0 Å². The van der Waals surface area contributed by atoms with Crippen LogP contribution in [0.25, 0.3) is 11.3 Å². The highest BCUT2D eigenvalue weighted by molar-refractivity contribution is 7.14. The number of nitrogens with zero attached hydrogens (tertiary/aromatic N) is 4. The van der Waals surface area contributed by atoms with Gasteiger partial charge in [0.05, 0.1) is 12.3 Å². The van der Waals surface area contributed by atoms with Gasteiger partial charge in [0.1, 0.15) is 5.75 Å². The van der Waals surface area contributed by atoms with Crippen LogP contribution in [0.5, 0.6) is 5.75 Å². The van der Waals surface area contributed by atoms with Gasteiger partial charge in [-0.25, -0.2) is 9.78 Å². The fourth-order valence-corrected chi connectivity index (χ4v) is 5.84. The SMILES string of the molecule is CCCCc1ccc(OCC)c(-c2csc(NC(=O)N3CCN(CC4CCCN(C)C4)CC3)n2)c1. The Balaban J connectivity index is 1.32. The van der Waals surface area contributed by atoms with Gasteiger partial charge in [0.2, 0.25) is 0 Å². The van der Waals surface area contributed by atoms with Crippen LogP contribution in [0.4, 0.5) is 9.93 Å². The second-order valence-electron chi connectivity index (χ2n) is 9.89. The third kappa shape index (κ3) is 7.18. The third-order valence-electron chi connectivity index (χ3n) is 7.05. The number of nitrogens with one attached hydrogen (secondary N) is 1. The summed E-state index contributed by atoms with van der Waals surface area (Å²) in [5.41, 5.74) is 3.15. The van der Waals surface area contributed by atoms with Gasteiger partial charge in [0.15, 0.2) is 5.13 Å². The summed E-state index contributed by atoms with van der Waals surface area (Å²) in [6.07, 6.45) is 6.00. The first kappa shape index (κ1) is 25.9. The summed E-state index contributed by atoms with van der Waals surface area (Å²) in [5, 5.41) is 5.68. The van der Waals surface area contributed by atoms with Crippen molar-refractivity contribution in [2.24, 2.45) is 5.92 Å². The van der Waals surface area contributed by atoms with Crippen molar-refractivity contribution in [2.75, 3.05) is 64.8 Å². The lowest BCUT2D eigenvalue weighted by Crippen LogP contribution is -2.51. The molecular weight excluding hydrogens is 458 g/mol. The van der Waals surface area contributed by atoms with Crippen molar-refractivity contribution in [3.63, 3.8) is 0 Å². The number of aryl methyl sites for hydroxylation is 1. The molecule has 2 aromatic rings. The normalized spacial score (nSPS) is 19.6. The maximum atomic E-state index is 12.9. The molecule has 2 aliphatic heterocycles. The van der Waals surface area contributed by atoms with Crippen molar-refractivity contribution in [2.45, 2.75) is 46.0 Å². The van der Waals surface area contributed by atoms with Crippen LogP contribution in [0.15, 0.2) is 23.6 Å². The zero-order valence-corrected chi connectivity index (χ0v) is 22.4. The van der Waals surface area contributed by atoms with Crippen LogP contribution in [0, 0.1) is 5.92 Å². The molecule has 0 radical (unpaired) electrons. The predicted molar refractivity (Wildman–Crippen MR) is 145 cm³/mol. The van der Waals surface area contributed by atoms with E-state index in [-0.39, 0.29) is 6.03 Å². The molecule has 1 atom stereocenters. The summed E-state index contributed by atoms with van der Waals surface area (Å²) in [7, 11) is 2.22. The first-order valence-corrected chi connectivity index (χ1v) is 14.1. The van der Waals surface area contributed by atoms with E-state index in [2.05, 4.69) is 41.2 Å². The van der Waals surface area contributed by atoms with Gasteiger partial charge in [-0.15, -0.1) is 11.3 Å². The van der Waals surface area contributed by atoms with Crippen molar-refractivity contribution >= 4 is 22.5 Å². The van der Waals surface area contributed by atoms with E-state index < -0.39 is 0 Å². The highest BCUT2D eigenvalue weighted by Crippen LogP contribution is 2.34. The fraction of sp³-hybridized carbons (Fsp3) is 0.630. The summed E-state index contributed by atoms with van der Waals surface area (Å²) < 4.78 is 5.87. The van der Waals surface area contributed by atoms with Crippen LogP contribution in [0.3, 0.4) is 0 Å². The van der Waals surface area contributed by atoms with Crippen LogP contribution in [-0.2, 0) is 6.42 Å². The van der Waals surface area contributed by atoms with Crippen molar-refractivity contribution in [1.82, 2.24) is 19.7 Å². The van der Waals surface area contributed by atoms with E-state index in [0.29, 0.717) is 11.7 Å². The molecule has 4 rings (SSSR count). The molecule has 0 spiro atoms. The predicted octanol–water partition coefficient (Wildman–Crippen LogP) is 5.04. The summed E-state index contributed by atoms with van der Waals surface area (Å²) >= 11 is 1.47. The molecule has 1 unspecified atom stereocenters. The van der Waals surface area contributed by atoms with Crippen LogP contribution in [-0.4, -0.2) is 85.2 Å². The molecule has 2 fully saturated rings. The van der Waals surface area contributed by atoms with E-state index in [1.807, 2.05) is 23.3 Å². The second-order valence-corrected chi connectivity index (χ2v) is 10.8. The Morgan fingerprint density at radius 1 is 1.20 bits per heavy atom. The van der Waals surface area contributed by atoms with E-state index in [4.69, 9.17) is 9.72 Å². The number of anilines is 1. The Morgan fingerprint density at radius 3 is 2.77 bits per heavy atom. The highest BCUT2D eigenvalue weighted by Gasteiger charge is 2.25. The summed E-state index contributed by atoms with van der Waals surface area (Å²) in [4.78, 5) is 24.6. The topological polar surface area (TPSA) is 60.9 Å². The smallest absolute Gasteiger partial charge is 0.323 e. The molecule has 2 aliphatic rings. The number of unbranched alkanes of at least 4 members (excludes halogenated alkanes) is 1. The van der Waals surface area contributed by atoms with Crippen LogP contribution < -0.4 is 10.1 Å². The average molecular weight is 500 g/mol. The molecule has 2 saturated heterocycles. The Morgan fingerprint density at radius 2 is 2.03 bits per heavy atom. The van der Waals surface area contributed by atoms with Crippen molar-refractivity contribution in [1.29, 1.82) is 0 Å². The number of piperazine rings is 1.